The molecule has 0 saturated carbocycles. The van der Waals surface area contributed by atoms with Crippen molar-refractivity contribution in [1.82, 2.24) is 15.1 Å². The van der Waals surface area contributed by atoms with Gasteiger partial charge < -0.3 is 10.6 Å². The van der Waals surface area contributed by atoms with Crippen LogP contribution in [0.5, 0.6) is 0 Å². The van der Waals surface area contributed by atoms with Gasteiger partial charge in [0.1, 0.15) is 0 Å². The van der Waals surface area contributed by atoms with Crippen molar-refractivity contribution in [3.8, 4) is 0 Å². The molecule has 2 N–H and O–H groups in total. The maximum absolute atomic E-state index is 12.2. The molecule has 0 radical (unpaired) electrons. The highest BCUT2D eigenvalue weighted by Crippen LogP contribution is 2.30. The highest BCUT2D eigenvalue weighted by Gasteiger charge is 2.27. The first-order chi connectivity index (χ1) is 9.25. The zero-order valence-corrected chi connectivity index (χ0v) is 10.8. The topological polar surface area (TPSA) is 59.0 Å². The van der Waals surface area contributed by atoms with Crippen LogP contribution in [0.25, 0.3) is 0 Å². The van der Waals surface area contributed by atoms with Crippen molar-refractivity contribution in [3.63, 3.8) is 0 Å². The van der Waals surface area contributed by atoms with Crippen molar-refractivity contribution < 1.29 is 4.79 Å². The number of amides is 1. The molecule has 0 spiro atoms. The highest BCUT2D eigenvalue weighted by molar-refractivity contribution is 5.88. The minimum Gasteiger partial charge on any atom is -0.384 e. The Morgan fingerprint density at radius 2 is 2.32 bits per heavy atom. The Balaban J connectivity index is 1.68. The van der Waals surface area contributed by atoms with Crippen LogP contribution in [0.3, 0.4) is 0 Å². The van der Waals surface area contributed by atoms with E-state index < -0.39 is 0 Å². The standard InChI is InChI=1S/C14H16N4O/c1-18-10(6-7-17-18)8-16-14(19)12-9-15-13-5-3-2-4-11(12)13/h2-7,12,15H,8-9H2,1H3,(H,16,19). The minimum absolute atomic E-state index is 0.0543. The lowest BCUT2D eigenvalue weighted by Gasteiger charge is -2.11. The molecule has 3 rings (SSSR count). The van der Waals surface area contributed by atoms with Gasteiger partial charge in [-0.05, 0) is 17.7 Å². The van der Waals surface area contributed by atoms with Gasteiger partial charge in [-0.2, -0.15) is 5.10 Å². The van der Waals surface area contributed by atoms with E-state index >= 15 is 0 Å². The van der Waals surface area contributed by atoms with Gasteiger partial charge in [0.05, 0.1) is 18.2 Å². The number of rotatable bonds is 3. The van der Waals surface area contributed by atoms with Crippen LogP contribution in [0, 0.1) is 0 Å². The van der Waals surface area contributed by atoms with Crippen LogP contribution in [0.4, 0.5) is 5.69 Å². The van der Waals surface area contributed by atoms with Gasteiger partial charge in [-0.1, -0.05) is 18.2 Å². The number of carbonyl (C=O) groups is 1. The van der Waals surface area contributed by atoms with Crippen molar-refractivity contribution >= 4 is 11.6 Å². The normalized spacial score (nSPS) is 16.8. The number of carbonyl (C=O) groups excluding carboxylic acids is 1. The second-order valence-corrected chi connectivity index (χ2v) is 4.68. The maximum Gasteiger partial charge on any atom is 0.229 e. The van der Waals surface area contributed by atoms with Gasteiger partial charge in [0.15, 0.2) is 0 Å². The molecule has 0 saturated heterocycles. The van der Waals surface area contributed by atoms with Crippen molar-refractivity contribution in [1.29, 1.82) is 0 Å². The first-order valence-corrected chi connectivity index (χ1v) is 6.33. The van der Waals surface area contributed by atoms with Crippen LogP contribution in [0.2, 0.25) is 0 Å². The third-order valence-corrected chi connectivity index (χ3v) is 3.52. The molecule has 0 fully saturated rings. The van der Waals surface area contributed by atoms with Crippen LogP contribution >= 0.6 is 0 Å². The lowest BCUT2D eigenvalue weighted by Crippen LogP contribution is -2.30. The Morgan fingerprint density at radius 1 is 1.47 bits per heavy atom. The SMILES string of the molecule is Cn1nccc1CNC(=O)C1CNc2ccccc21. The number of anilines is 1. The molecule has 1 aromatic carbocycles. The summed E-state index contributed by atoms with van der Waals surface area (Å²) in [6.07, 6.45) is 1.73. The number of benzene rings is 1. The molecule has 2 heterocycles. The van der Waals surface area contributed by atoms with Crippen LogP contribution in [-0.4, -0.2) is 22.2 Å². The fraction of sp³-hybridized carbons (Fsp3) is 0.286. The van der Waals surface area contributed by atoms with Gasteiger partial charge in [-0.3, -0.25) is 9.48 Å². The maximum atomic E-state index is 12.2. The predicted octanol–water partition coefficient (Wildman–Crippen LogP) is 1.25. The summed E-state index contributed by atoms with van der Waals surface area (Å²) >= 11 is 0. The van der Waals surface area contributed by atoms with Crippen molar-refractivity contribution in [3.05, 3.63) is 47.8 Å². The average molecular weight is 256 g/mol. The summed E-state index contributed by atoms with van der Waals surface area (Å²) < 4.78 is 1.77. The third-order valence-electron chi connectivity index (χ3n) is 3.52. The van der Waals surface area contributed by atoms with Gasteiger partial charge in [0, 0.05) is 25.5 Å². The van der Waals surface area contributed by atoms with E-state index in [2.05, 4.69) is 15.7 Å². The van der Waals surface area contributed by atoms with Crippen molar-refractivity contribution in [2.75, 3.05) is 11.9 Å². The van der Waals surface area contributed by atoms with Gasteiger partial charge in [0.2, 0.25) is 5.91 Å². The molecule has 1 atom stereocenters. The molecule has 5 nitrogen and oxygen atoms in total. The van der Waals surface area contributed by atoms with Crippen molar-refractivity contribution in [2.24, 2.45) is 7.05 Å². The minimum atomic E-state index is -0.107. The monoisotopic (exact) mass is 256 g/mol. The number of nitrogens with zero attached hydrogens (tertiary/aromatic N) is 2. The molecule has 0 bridgehead atoms. The van der Waals surface area contributed by atoms with Gasteiger partial charge in [0.25, 0.3) is 0 Å². The zero-order valence-electron chi connectivity index (χ0n) is 10.8. The Labute approximate surface area is 111 Å². The van der Waals surface area contributed by atoms with Gasteiger partial charge >= 0.3 is 0 Å². The summed E-state index contributed by atoms with van der Waals surface area (Å²) in [4.78, 5) is 12.2. The third kappa shape index (κ3) is 2.19. The van der Waals surface area contributed by atoms with E-state index in [1.807, 2.05) is 37.4 Å². The summed E-state index contributed by atoms with van der Waals surface area (Å²) in [7, 11) is 1.87. The first-order valence-electron chi connectivity index (χ1n) is 6.33. The summed E-state index contributed by atoms with van der Waals surface area (Å²) in [5, 5.41) is 10.3. The summed E-state index contributed by atoms with van der Waals surface area (Å²) in [5.41, 5.74) is 3.13. The number of aromatic nitrogens is 2. The first kappa shape index (κ1) is 11.8. The number of hydrogen-bond donors (Lipinski definition) is 2. The summed E-state index contributed by atoms with van der Waals surface area (Å²) in [6.45, 7) is 1.17. The van der Waals surface area contributed by atoms with E-state index in [0.717, 1.165) is 16.9 Å². The number of nitrogens with one attached hydrogen (secondary N) is 2. The predicted molar refractivity (Wildman–Crippen MR) is 72.7 cm³/mol. The van der Waals surface area contributed by atoms with E-state index in [0.29, 0.717) is 13.1 Å². The highest BCUT2D eigenvalue weighted by atomic mass is 16.1. The lowest BCUT2D eigenvalue weighted by molar-refractivity contribution is -0.122. The molecular weight excluding hydrogens is 240 g/mol. The number of aryl methyl sites for hydroxylation is 1. The summed E-state index contributed by atoms with van der Waals surface area (Å²) in [5.74, 6) is -0.0527. The summed E-state index contributed by atoms with van der Waals surface area (Å²) in [6, 6.07) is 9.85. The van der Waals surface area contributed by atoms with Gasteiger partial charge in [-0.15, -0.1) is 0 Å². The van der Waals surface area contributed by atoms with E-state index in [1.54, 1.807) is 10.9 Å². The zero-order chi connectivity index (χ0) is 13.2. The Hall–Kier alpha value is -2.30. The average Bonchev–Trinajstić information content (AvgIpc) is 3.02. The van der Waals surface area contributed by atoms with Crippen LogP contribution < -0.4 is 10.6 Å². The van der Waals surface area contributed by atoms with Crippen molar-refractivity contribution in [2.45, 2.75) is 12.5 Å². The molecule has 19 heavy (non-hydrogen) atoms. The van der Waals surface area contributed by atoms with E-state index in [1.165, 1.54) is 0 Å². The molecule has 1 aromatic heterocycles. The number of para-hydroxylation sites is 1. The van der Waals surface area contributed by atoms with Crippen LogP contribution in [-0.2, 0) is 18.4 Å². The largest absolute Gasteiger partial charge is 0.384 e. The molecule has 1 aliphatic heterocycles. The Bertz CT molecular complexity index is 605. The fourth-order valence-electron chi connectivity index (χ4n) is 2.39. The molecule has 1 unspecified atom stereocenters. The lowest BCUT2D eigenvalue weighted by atomic mass is 10.0. The number of hydrogen-bond acceptors (Lipinski definition) is 3. The smallest absolute Gasteiger partial charge is 0.229 e. The Kier molecular flexibility index (Phi) is 2.95. The van der Waals surface area contributed by atoms with Crippen LogP contribution in [0.1, 0.15) is 17.2 Å². The molecule has 98 valence electrons. The second kappa shape index (κ2) is 4.76. The second-order valence-electron chi connectivity index (χ2n) is 4.68. The van der Waals surface area contributed by atoms with E-state index in [9.17, 15) is 4.79 Å². The fourth-order valence-corrected chi connectivity index (χ4v) is 2.39. The molecule has 1 amide bonds. The molecular formula is C14H16N4O. The molecule has 0 aliphatic carbocycles. The molecule has 2 aromatic rings. The molecule has 5 heteroatoms. The quantitative estimate of drug-likeness (QED) is 0.868. The Morgan fingerprint density at radius 3 is 3.11 bits per heavy atom. The van der Waals surface area contributed by atoms with Crippen LogP contribution in [0.15, 0.2) is 36.5 Å². The molecule has 1 aliphatic rings. The number of fused-ring (bicyclic) bond motifs is 1. The van der Waals surface area contributed by atoms with Gasteiger partial charge in [-0.25, -0.2) is 0 Å². The van der Waals surface area contributed by atoms with E-state index in [4.69, 9.17) is 0 Å². The van der Waals surface area contributed by atoms with E-state index in [-0.39, 0.29) is 11.8 Å².